The van der Waals surface area contributed by atoms with Gasteiger partial charge in [0.05, 0.1) is 29.4 Å². The molecule has 4 aliphatic heterocycles. The lowest BCUT2D eigenvalue weighted by molar-refractivity contribution is -0.146. The van der Waals surface area contributed by atoms with Gasteiger partial charge in [-0.1, -0.05) is 56.0 Å². The minimum absolute atomic E-state index is 0.0536. The predicted octanol–water partition coefficient (Wildman–Crippen LogP) is 6.67. The standard InChI is InChI=1S/C43H59ClF3N7O6/c1-3-4-5-8-25-59-37(55)29-50-19-14-42(2,15-20-50)53-23-21-51(22-24-53)39(56)36(28-30-26-33(43(45,46)47)38(48)34(44)27-30)60-41(58)52-16-12-32(13-17-52)54-18-11-31-9-6-7-10-35(31)49-40(54)57/h6-7,9-10,26-27,32,36H,3-5,8,11-25,28-29,48H2,1-2H3,(H,49,57)/t36-/m1/s1. The summed E-state index contributed by atoms with van der Waals surface area (Å²) in [5.41, 5.74) is 5.69. The molecule has 2 aromatic carbocycles. The van der Waals surface area contributed by atoms with Gasteiger partial charge in [-0.15, -0.1) is 0 Å². The Labute approximate surface area is 355 Å². The lowest BCUT2D eigenvalue weighted by Gasteiger charge is -2.49. The summed E-state index contributed by atoms with van der Waals surface area (Å²) in [5, 5.41) is 2.68. The molecule has 0 radical (unpaired) electrons. The average molecular weight is 862 g/mol. The zero-order chi connectivity index (χ0) is 43.0. The summed E-state index contributed by atoms with van der Waals surface area (Å²) in [7, 11) is 0. The molecule has 4 aliphatic rings. The molecular formula is C43H59ClF3N7O6. The molecule has 0 saturated carbocycles. The van der Waals surface area contributed by atoms with Crippen LogP contribution in [0.2, 0.25) is 5.02 Å². The van der Waals surface area contributed by atoms with Gasteiger partial charge in [-0.25, -0.2) is 9.59 Å². The summed E-state index contributed by atoms with van der Waals surface area (Å²) < 4.78 is 53.2. The number of nitrogens with two attached hydrogens (primary N) is 1. The fourth-order valence-corrected chi connectivity index (χ4v) is 9.08. The molecule has 0 unspecified atom stereocenters. The Morgan fingerprint density at radius 1 is 0.950 bits per heavy atom. The second-order valence-corrected chi connectivity index (χ2v) is 17.1. The molecule has 17 heteroatoms. The van der Waals surface area contributed by atoms with E-state index in [1.807, 2.05) is 24.3 Å². The normalized spacial score (nSPS) is 19.9. The summed E-state index contributed by atoms with van der Waals surface area (Å²) >= 11 is 6.16. The van der Waals surface area contributed by atoms with Crippen molar-refractivity contribution < 1.29 is 41.8 Å². The predicted molar refractivity (Wildman–Crippen MR) is 223 cm³/mol. The van der Waals surface area contributed by atoms with Crippen LogP contribution in [-0.2, 0) is 38.1 Å². The largest absolute Gasteiger partial charge is 0.465 e. The van der Waals surface area contributed by atoms with Gasteiger partial charge in [0.15, 0.2) is 6.10 Å². The smallest absolute Gasteiger partial charge is 0.418 e. The fraction of sp³-hybridized carbons (Fsp3) is 0.628. The Bertz CT molecular complexity index is 1830. The lowest BCUT2D eigenvalue weighted by atomic mass is 9.87. The van der Waals surface area contributed by atoms with Crippen molar-refractivity contribution in [2.45, 2.75) is 102 Å². The number of urea groups is 1. The maximum atomic E-state index is 14.2. The summed E-state index contributed by atoms with van der Waals surface area (Å²) in [6.07, 6.45) is 0.187. The molecule has 3 saturated heterocycles. The molecule has 6 rings (SSSR count). The van der Waals surface area contributed by atoms with Gasteiger partial charge in [0, 0.05) is 82.6 Å². The van der Waals surface area contributed by atoms with Crippen molar-refractivity contribution in [3.05, 3.63) is 58.1 Å². The minimum Gasteiger partial charge on any atom is -0.465 e. The van der Waals surface area contributed by atoms with E-state index in [-0.39, 0.29) is 60.2 Å². The van der Waals surface area contributed by atoms with Crippen LogP contribution in [0.15, 0.2) is 36.4 Å². The zero-order valence-corrected chi connectivity index (χ0v) is 35.5. The molecule has 4 amide bonds. The molecule has 3 N–H and O–H groups in total. The number of nitrogens with one attached hydrogen (secondary N) is 1. The SMILES string of the molecule is CCCCCCOC(=O)CN1CCC(C)(N2CCN(C(=O)[C@@H](Cc3cc(Cl)c(N)c(C(F)(F)F)c3)OC(=O)N3CCC(N4CCc5ccccc5NC4=O)CC3)CC2)CC1. The highest BCUT2D eigenvalue weighted by atomic mass is 35.5. The van der Waals surface area contributed by atoms with Crippen LogP contribution >= 0.6 is 11.6 Å². The van der Waals surface area contributed by atoms with Crippen molar-refractivity contribution >= 4 is 47.0 Å². The number of halogens is 4. The van der Waals surface area contributed by atoms with Crippen LogP contribution in [0, 0.1) is 0 Å². The Morgan fingerprint density at radius 3 is 2.33 bits per heavy atom. The van der Waals surface area contributed by atoms with Crippen LogP contribution in [0.25, 0.3) is 0 Å². The van der Waals surface area contributed by atoms with Gasteiger partial charge in [-0.3, -0.25) is 19.4 Å². The topological polar surface area (TPSA) is 141 Å². The first-order valence-electron chi connectivity index (χ1n) is 21.3. The lowest BCUT2D eigenvalue weighted by Crippen LogP contribution is -2.61. The minimum atomic E-state index is -4.79. The zero-order valence-electron chi connectivity index (χ0n) is 34.7. The highest BCUT2D eigenvalue weighted by molar-refractivity contribution is 6.33. The highest BCUT2D eigenvalue weighted by Gasteiger charge is 2.41. The summed E-state index contributed by atoms with van der Waals surface area (Å²) in [6.45, 7) is 9.35. The van der Waals surface area contributed by atoms with Gasteiger partial charge in [0.1, 0.15) is 0 Å². The van der Waals surface area contributed by atoms with E-state index in [2.05, 4.69) is 29.0 Å². The van der Waals surface area contributed by atoms with Crippen molar-refractivity contribution in [2.24, 2.45) is 0 Å². The molecule has 4 heterocycles. The van der Waals surface area contributed by atoms with Crippen molar-refractivity contribution in [1.29, 1.82) is 0 Å². The second-order valence-electron chi connectivity index (χ2n) is 16.7. The first-order valence-corrected chi connectivity index (χ1v) is 21.7. The maximum absolute atomic E-state index is 14.2. The molecule has 330 valence electrons. The Balaban J connectivity index is 1.06. The van der Waals surface area contributed by atoms with E-state index >= 15 is 0 Å². The monoisotopic (exact) mass is 861 g/mol. The van der Waals surface area contributed by atoms with Gasteiger partial charge in [0.2, 0.25) is 0 Å². The number of esters is 1. The van der Waals surface area contributed by atoms with Gasteiger partial charge >= 0.3 is 24.3 Å². The van der Waals surface area contributed by atoms with Crippen LogP contribution in [0.4, 0.5) is 34.1 Å². The van der Waals surface area contributed by atoms with E-state index in [0.717, 1.165) is 68.9 Å². The number of nitrogens with zero attached hydrogens (tertiary/aromatic N) is 5. The number of alkyl halides is 3. The Morgan fingerprint density at radius 2 is 1.65 bits per heavy atom. The molecular weight excluding hydrogens is 803 g/mol. The highest BCUT2D eigenvalue weighted by Crippen LogP contribution is 2.38. The molecule has 3 fully saturated rings. The maximum Gasteiger partial charge on any atom is 0.418 e. The average Bonchev–Trinajstić information content (AvgIpc) is 3.40. The first-order chi connectivity index (χ1) is 28.6. The van der Waals surface area contributed by atoms with E-state index in [9.17, 15) is 32.3 Å². The number of hydrogen-bond acceptors (Lipinski definition) is 9. The van der Waals surface area contributed by atoms with Gasteiger partial charge < -0.3 is 35.2 Å². The molecule has 0 bridgehead atoms. The van der Waals surface area contributed by atoms with E-state index in [0.29, 0.717) is 58.6 Å². The quantitative estimate of drug-likeness (QED) is 0.129. The van der Waals surface area contributed by atoms with Crippen molar-refractivity contribution in [3.8, 4) is 0 Å². The first kappa shape index (κ1) is 45.3. The molecule has 1 atom stereocenters. The van der Waals surface area contributed by atoms with Crippen LogP contribution in [0.5, 0.6) is 0 Å². The van der Waals surface area contributed by atoms with Crippen molar-refractivity contribution in [2.75, 3.05) is 83.1 Å². The number of unbranched alkanes of at least 4 members (excludes halogenated alkanes) is 3. The number of carbonyl (C=O) groups excluding carboxylic acids is 4. The number of benzene rings is 2. The number of anilines is 2. The fourth-order valence-electron chi connectivity index (χ4n) is 8.84. The number of amides is 4. The summed E-state index contributed by atoms with van der Waals surface area (Å²) in [5.74, 6) is -0.709. The molecule has 0 aromatic heterocycles. The molecule has 13 nitrogen and oxygen atoms in total. The third-order valence-corrected chi connectivity index (χ3v) is 13.0. The number of piperazine rings is 1. The number of fused-ring (bicyclic) bond motifs is 1. The summed E-state index contributed by atoms with van der Waals surface area (Å²) in [4.78, 5) is 62.9. The van der Waals surface area contributed by atoms with Crippen molar-refractivity contribution in [3.63, 3.8) is 0 Å². The van der Waals surface area contributed by atoms with Gasteiger partial charge in [-0.05, 0) is 74.8 Å². The third-order valence-electron chi connectivity index (χ3n) is 12.6. The number of rotatable bonds is 13. The number of ether oxygens (including phenoxy) is 2. The van der Waals surface area contributed by atoms with Gasteiger partial charge in [-0.2, -0.15) is 13.2 Å². The van der Waals surface area contributed by atoms with Crippen LogP contribution in [0.3, 0.4) is 0 Å². The second kappa shape index (κ2) is 20.1. The molecule has 2 aromatic rings. The van der Waals surface area contributed by atoms with Crippen LogP contribution in [-0.4, -0.2) is 138 Å². The van der Waals surface area contributed by atoms with E-state index < -0.39 is 35.5 Å². The number of piperidine rings is 2. The Kier molecular flexibility index (Phi) is 15.1. The number of nitrogen functional groups attached to an aromatic ring is 1. The molecule has 0 spiro atoms. The van der Waals surface area contributed by atoms with Crippen LogP contribution in [0.1, 0.15) is 81.9 Å². The number of hydrogen-bond donors (Lipinski definition) is 2. The number of carbonyl (C=O) groups is 4. The number of para-hydroxylation sites is 1. The van der Waals surface area contributed by atoms with E-state index in [1.165, 1.54) is 11.0 Å². The van der Waals surface area contributed by atoms with Gasteiger partial charge in [0.25, 0.3) is 5.91 Å². The molecule has 0 aliphatic carbocycles. The summed E-state index contributed by atoms with van der Waals surface area (Å²) in [6, 6.07) is 9.48. The van der Waals surface area contributed by atoms with E-state index in [4.69, 9.17) is 26.8 Å². The van der Waals surface area contributed by atoms with Crippen LogP contribution < -0.4 is 11.1 Å². The molecule has 60 heavy (non-hydrogen) atoms. The third kappa shape index (κ3) is 11.3. The van der Waals surface area contributed by atoms with Crippen molar-refractivity contribution in [1.82, 2.24) is 24.5 Å². The number of likely N-dealkylation sites (tertiary alicyclic amines) is 2. The Hall–Kier alpha value is -4.28. The van der Waals surface area contributed by atoms with E-state index in [1.54, 1.807) is 9.80 Å².